The number of pyridine rings is 2. The summed E-state index contributed by atoms with van der Waals surface area (Å²) in [5.74, 6) is 0.594. The number of rotatable bonds is 8. The summed E-state index contributed by atoms with van der Waals surface area (Å²) < 4.78 is 33.4. The second kappa shape index (κ2) is 9.41. The van der Waals surface area contributed by atoms with Gasteiger partial charge in [-0.25, -0.2) is 8.42 Å². The van der Waals surface area contributed by atoms with Gasteiger partial charge in [-0.3, -0.25) is 19.9 Å². The summed E-state index contributed by atoms with van der Waals surface area (Å²) in [7, 11) is -2.59. The third kappa shape index (κ3) is 4.80. The predicted octanol–water partition coefficient (Wildman–Crippen LogP) is 3.23. The number of non-ortho nitro benzene ring substituents is 1. The molecule has 0 atom stereocenters. The van der Waals surface area contributed by atoms with E-state index in [4.69, 9.17) is 4.74 Å². The number of H-pyrrole nitrogens is 1. The Kier molecular flexibility index (Phi) is 6.39. The zero-order valence-electron chi connectivity index (χ0n) is 18.0. The second-order valence-corrected chi connectivity index (χ2v) is 9.40. The molecule has 1 N–H and O–H groups in total. The fourth-order valence-corrected chi connectivity index (χ4v) is 4.88. The molecule has 2 heterocycles. The molecule has 174 valence electrons. The average Bonchev–Trinajstić information content (AvgIpc) is 2.84. The van der Waals surface area contributed by atoms with Crippen molar-refractivity contribution in [3.05, 3.63) is 105 Å². The van der Waals surface area contributed by atoms with Gasteiger partial charge in [0.15, 0.2) is 0 Å². The molecule has 0 aliphatic rings. The summed E-state index contributed by atoms with van der Waals surface area (Å²) >= 11 is 0. The Labute approximate surface area is 194 Å². The summed E-state index contributed by atoms with van der Waals surface area (Å²) in [6.07, 6.45) is 3.11. The fourth-order valence-electron chi connectivity index (χ4n) is 3.47. The number of hydrogen-bond donors (Lipinski definition) is 1. The number of benzene rings is 2. The van der Waals surface area contributed by atoms with Gasteiger partial charge in [-0.1, -0.05) is 6.07 Å². The highest BCUT2D eigenvalue weighted by molar-refractivity contribution is 7.89. The van der Waals surface area contributed by atoms with Crippen LogP contribution in [0.25, 0.3) is 10.9 Å². The normalized spacial score (nSPS) is 11.6. The molecular weight excluding hydrogens is 460 g/mol. The molecule has 0 saturated carbocycles. The quantitative estimate of drug-likeness (QED) is 0.302. The molecule has 0 spiro atoms. The first kappa shape index (κ1) is 23.1. The molecule has 11 heteroatoms. The molecule has 2 aromatic carbocycles. The lowest BCUT2D eigenvalue weighted by atomic mass is 10.1. The first-order chi connectivity index (χ1) is 16.3. The standard InChI is InChI=1S/C23H20N4O6S/c1-33-20-6-9-22-17(12-20)11-18(23(28)25-22)15-26(14-16-3-2-10-24-13-16)34(31,32)21-7-4-19(5-8-21)27(29)30/h2-13H,14-15H2,1H3,(H,25,28). The Morgan fingerprint density at radius 3 is 2.50 bits per heavy atom. The number of methoxy groups -OCH3 is 1. The van der Waals surface area contributed by atoms with Crippen LogP contribution in [0, 0.1) is 10.1 Å². The van der Waals surface area contributed by atoms with Crippen LogP contribution in [-0.2, 0) is 23.1 Å². The van der Waals surface area contributed by atoms with E-state index in [9.17, 15) is 23.3 Å². The molecule has 0 aliphatic carbocycles. The molecule has 0 radical (unpaired) electrons. The van der Waals surface area contributed by atoms with Crippen LogP contribution in [0.4, 0.5) is 5.69 Å². The van der Waals surface area contributed by atoms with Gasteiger partial charge in [-0.05, 0) is 48.0 Å². The van der Waals surface area contributed by atoms with Crippen LogP contribution in [-0.4, -0.2) is 34.7 Å². The summed E-state index contributed by atoms with van der Waals surface area (Å²) in [6, 6.07) is 14.8. The Morgan fingerprint density at radius 1 is 1.09 bits per heavy atom. The van der Waals surface area contributed by atoms with Gasteiger partial charge < -0.3 is 9.72 Å². The van der Waals surface area contributed by atoms with Crippen LogP contribution in [0.3, 0.4) is 0 Å². The van der Waals surface area contributed by atoms with E-state index in [1.807, 2.05) is 0 Å². The number of nitrogens with one attached hydrogen (secondary N) is 1. The Balaban J connectivity index is 1.76. The number of nitro groups is 1. The first-order valence-corrected chi connectivity index (χ1v) is 11.6. The second-order valence-electron chi connectivity index (χ2n) is 7.46. The SMILES string of the molecule is COc1ccc2[nH]c(=O)c(CN(Cc3cccnc3)S(=O)(=O)c3ccc([N+](=O)[O-])cc3)cc2c1. The van der Waals surface area contributed by atoms with E-state index in [1.165, 1.54) is 25.4 Å². The van der Waals surface area contributed by atoms with E-state index in [0.717, 1.165) is 16.4 Å². The van der Waals surface area contributed by atoms with Gasteiger partial charge in [0.25, 0.3) is 11.2 Å². The first-order valence-electron chi connectivity index (χ1n) is 10.1. The maximum absolute atomic E-state index is 13.5. The van der Waals surface area contributed by atoms with Gasteiger partial charge >= 0.3 is 0 Å². The summed E-state index contributed by atoms with van der Waals surface area (Å²) in [5.41, 5.74) is 0.791. The van der Waals surface area contributed by atoms with E-state index < -0.39 is 20.5 Å². The minimum atomic E-state index is -4.12. The van der Waals surface area contributed by atoms with Crippen LogP contribution in [0.5, 0.6) is 5.75 Å². The van der Waals surface area contributed by atoms with Gasteiger partial charge in [0, 0.05) is 54.1 Å². The summed E-state index contributed by atoms with van der Waals surface area (Å²) in [5, 5.41) is 11.6. The molecule has 34 heavy (non-hydrogen) atoms. The highest BCUT2D eigenvalue weighted by atomic mass is 32.2. The molecule has 0 unspecified atom stereocenters. The highest BCUT2D eigenvalue weighted by Crippen LogP contribution is 2.24. The van der Waals surface area contributed by atoms with Crippen molar-refractivity contribution in [1.82, 2.24) is 14.3 Å². The minimum Gasteiger partial charge on any atom is -0.497 e. The molecule has 0 amide bonds. The molecule has 2 aromatic heterocycles. The number of fused-ring (bicyclic) bond motifs is 1. The van der Waals surface area contributed by atoms with Crippen molar-refractivity contribution in [2.75, 3.05) is 7.11 Å². The van der Waals surface area contributed by atoms with Crippen molar-refractivity contribution >= 4 is 26.6 Å². The van der Waals surface area contributed by atoms with E-state index in [-0.39, 0.29) is 29.2 Å². The number of nitrogens with zero attached hydrogens (tertiary/aromatic N) is 3. The average molecular weight is 481 g/mol. The van der Waals surface area contributed by atoms with Gasteiger partial charge in [-0.2, -0.15) is 4.31 Å². The molecular formula is C23H20N4O6S. The van der Waals surface area contributed by atoms with E-state index in [1.54, 1.807) is 42.6 Å². The minimum absolute atomic E-state index is 0.0528. The van der Waals surface area contributed by atoms with Crippen LogP contribution < -0.4 is 10.3 Å². The third-order valence-electron chi connectivity index (χ3n) is 5.24. The Morgan fingerprint density at radius 2 is 1.85 bits per heavy atom. The van der Waals surface area contributed by atoms with Crippen LogP contribution in [0.15, 0.2) is 82.7 Å². The smallest absolute Gasteiger partial charge is 0.269 e. The van der Waals surface area contributed by atoms with E-state index >= 15 is 0 Å². The molecule has 10 nitrogen and oxygen atoms in total. The Bertz CT molecular complexity index is 1500. The molecule has 0 bridgehead atoms. The molecule has 4 rings (SSSR count). The van der Waals surface area contributed by atoms with Gasteiger partial charge in [-0.15, -0.1) is 0 Å². The fraction of sp³-hybridized carbons (Fsp3) is 0.130. The molecule has 0 saturated heterocycles. The Hall–Kier alpha value is -4.09. The summed E-state index contributed by atoms with van der Waals surface area (Å²) in [6.45, 7) is -0.278. The maximum atomic E-state index is 13.5. The van der Waals surface area contributed by atoms with Crippen molar-refractivity contribution in [2.45, 2.75) is 18.0 Å². The number of aromatic amines is 1. The number of ether oxygens (including phenoxy) is 1. The topological polar surface area (TPSA) is 136 Å². The highest BCUT2D eigenvalue weighted by Gasteiger charge is 2.27. The molecule has 0 aliphatic heterocycles. The van der Waals surface area contributed by atoms with Gasteiger partial charge in [0.05, 0.1) is 16.9 Å². The number of aromatic nitrogens is 2. The number of nitro benzene ring substituents is 1. The van der Waals surface area contributed by atoms with Crippen molar-refractivity contribution in [2.24, 2.45) is 0 Å². The third-order valence-corrected chi connectivity index (χ3v) is 7.05. The number of sulfonamides is 1. The lowest BCUT2D eigenvalue weighted by molar-refractivity contribution is -0.384. The lowest BCUT2D eigenvalue weighted by Gasteiger charge is -2.22. The summed E-state index contributed by atoms with van der Waals surface area (Å²) in [4.78, 5) is 29.8. The zero-order valence-corrected chi connectivity index (χ0v) is 18.9. The van der Waals surface area contributed by atoms with Gasteiger partial charge in [0.2, 0.25) is 10.0 Å². The monoisotopic (exact) mass is 480 g/mol. The van der Waals surface area contributed by atoms with Crippen molar-refractivity contribution < 1.29 is 18.1 Å². The predicted molar refractivity (Wildman–Crippen MR) is 125 cm³/mol. The largest absolute Gasteiger partial charge is 0.497 e. The van der Waals surface area contributed by atoms with Gasteiger partial charge in [0.1, 0.15) is 5.75 Å². The maximum Gasteiger partial charge on any atom is 0.269 e. The van der Waals surface area contributed by atoms with E-state index in [0.29, 0.717) is 22.2 Å². The van der Waals surface area contributed by atoms with E-state index in [2.05, 4.69) is 9.97 Å². The van der Waals surface area contributed by atoms with Crippen LogP contribution >= 0.6 is 0 Å². The van der Waals surface area contributed by atoms with Crippen molar-refractivity contribution in [1.29, 1.82) is 0 Å². The number of hydrogen-bond acceptors (Lipinski definition) is 7. The lowest BCUT2D eigenvalue weighted by Crippen LogP contribution is -2.32. The van der Waals surface area contributed by atoms with Crippen LogP contribution in [0.1, 0.15) is 11.1 Å². The van der Waals surface area contributed by atoms with Crippen molar-refractivity contribution in [3.8, 4) is 5.75 Å². The zero-order chi connectivity index (χ0) is 24.3. The molecule has 0 fully saturated rings. The van der Waals surface area contributed by atoms with Crippen LogP contribution in [0.2, 0.25) is 0 Å². The van der Waals surface area contributed by atoms with Crippen molar-refractivity contribution in [3.63, 3.8) is 0 Å². The molecule has 4 aromatic rings.